The van der Waals surface area contributed by atoms with E-state index in [0.29, 0.717) is 24.2 Å². The molecule has 1 atom stereocenters. The van der Waals surface area contributed by atoms with Gasteiger partial charge in [0, 0.05) is 31.2 Å². The number of ether oxygens (including phenoxy) is 1. The second kappa shape index (κ2) is 8.65. The zero-order valence-electron chi connectivity index (χ0n) is 17.1. The highest BCUT2D eigenvalue weighted by atomic mass is 16.5. The SMILES string of the molecule is O=C(c1cnc2c(c1)ncn2-c1ccccc1)N1CCCC(OCc2ccccn2)C1. The van der Waals surface area contributed by atoms with E-state index in [4.69, 9.17) is 4.74 Å². The Morgan fingerprint density at radius 1 is 1.06 bits per heavy atom. The summed E-state index contributed by atoms with van der Waals surface area (Å²) >= 11 is 0. The Balaban J connectivity index is 1.29. The minimum atomic E-state index is -0.0326. The normalized spacial score (nSPS) is 16.5. The fourth-order valence-corrected chi connectivity index (χ4v) is 3.92. The van der Waals surface area contributed by atoms with Crippen LogP contribution in [0.5, 0.6) is 0 Å². The summed E-state index contributed by atoms with van der Waals surface area (Å²) in [5, 5.41) is 0. The molecule has 0 aliphatic carbocycles. The average molecular weight is 413 g/mol. The van der Waals surface area contributed by atoms with Gasteiger partial charge in [0.25, 0.3) is 5.91 Å². The number of aromatic nitrogens is 4. The maximum Gasteiger partial charge on any atom is 0.255 e. The van der Waals surface area contributed by atoms with Crippen molar-refractivity contribution in [1.82, 2.24) is 24.4 Å². The van der Waals surface area contributed by atoms with E-state index in [1.807, 2.05) is 64.1 Å². The van der Waals surface area contributed by atoms with E-state index in [9.17, 15) is 4.79 Å². The van der Waals surface area contributed by atoms with Crippen molar-refractivity contribution < 1.29 is 9.53 Å². The Hall–Kier alpha value is -3.58. The Labute approximate surface area is 180 Å². The molecule has 3 aromatic heterocycles. The summed E-state index contributed by atoms with van der Waals surface area (Å²) in [7, 11) is 0. The number of fused-ring (bicyclic) bond motifs is 1. The van der Waals surface area contributed by atoms with Gasteiger partial charge in [0.05, 0.1) is 24.0 Å². The highest BCUT2D eigenvalue weighted by Gasteiger charge is 2.26. The first-order valence-electron chi connectivity index (χ1n) is 10.5. The number of nitrogens with zero attached hydrogens (tertiary/aromatic N) is 5. The van der Waals surface area contributed by atoms with E-state index in [-0.39, 0.29) is 12.0 Å². The van der Waals surface area contributed by atoms with Crippen LogP contribution in [0, 0.1) is 0 Å². The van der Waals surface area contributed by atoms with Crippen LogP contribution in [0.25, 0.3) is 16.9 Å². The van der Waals surface area contributed by atoms with Crippen LogP contribution in [0.2, 0.25) is 0 Å². The van der Waals surface area contributed by atoms with Crippen molar-refractivity contribution >= 4 is 17.1 Å². The number of carbonyl (C=O) groups is 1. The topological polar surface area (TPSA) is 73.1 Å². The maximum atomic E-state index is 13.1. The lowest BCUT2D eigenvalue weighted by atomic mass is 10.1. The molecule has 1 aliphatic heterocycles. The largest absolute Gasteiger partial charge is 0.370 e. The summed E-state index contributed by atoms with van der Waals surface area (Å²) in [4.78, 5) is 28.3. The number of piperidine rings is 1. The van der Waals surface area contributed by atoms with Crippen LogP contribution in [0.15, 0.2) is 73.3 Å². The van der Waals surface area contributed by atoms with E-state index < -0.39 is 0 Å². The van der Waals surface area contributed by atoms with Gasteiger partial charge in [-0.2, -0.15) is 0 Å². The second-order valence-corrected chi connectivity index (χ2v) is 7.66. The number of imidazole rings is 1. The highest BCUT2D eigenvalue weighted by molar-refractivity contribution is 5.96. The predicted molar refractivity (Wildman–Crippen MR) is 117 cm³/mol. The van der Waals surface area contributed by atoms with Gasteiger partial charge in [-0.25, -0.2) is 9.97 Å². The van der Waals surface area contributed by atoms with Crippen molar-refractivity contribution in [2.75, 3.05) is 13.1 Å². The average Bonchev–Trinajstić information content (AvgIpc) is 3.27. The molecule has 7 heteroatoms. The molecule has 0 spiro atoms. The Bertz CT molecular complexity index is 1180. The molecule has 4 aromatic rings. The van der Waals surface area contributed by atoms with Gasteiger partial charge in [0.2, 0.25) is 0 Å². The van der Waals surface area contributed by atoms with Gasteiger partial charge in [-0.15, -0.1) is 0 Å². The summed E-state index contributed by atoms with van der Waals surface area (Å²) < 4.78 is 7.94. The Kier molecular flexibility index (Phi) is 5.41. The molecule has 0 saturated carbocycles. The summed E-state index contributed by atoms with van der Waals surface area (Å²) in [6, 6.07) is 17.5. The standard InChI is InChI=1S/C24H23N5O2/c30-24(28-12-6-10-21(15-28)31-16-19-7-4-5-11-25-19)18-13-22-23(26-14-18)29(17-27-22)20-8-2-1-3-9-20/h1-5,7-9,11,13-14,17,21H,6,10,12,15-16H2. The molecule has 4 heterocycles. The molecular weight excluding hydrogens is 390 g/mol. The number of rotatable bonds is 5. The van der Waals surface area contributed by atoms with Gasteiger partial charge < -0.3 is 9.64 Å². The van der Waals surface area contributed by atoms with Crippen LogP contribution in [-0.4, -0.2) is 49.5 Å². The quantitative estimate of drug-likeness (QED) is 0.499. The monoisotopic (exact) mass is 413 g/mol. The van der Waals surface area contributed by atoms with Crippen LogP contribution in [0.1, 0.15) is 28.9 Å². The smallest absolute Gasteiger partial charge is 0.255 e. The van der Waals surface area contributed by atoms with Gasteiger partial charge in [-0.1, -0.05) is 24.3 Å². The molecule has 1 unspecified atom stereocenters. The molecule has 1 aliphatic rings. The van der Waals surface area contributed by atoms with E-state index in [1.54, 1.807) is 18.7 Å². The van der Waals surface area contributed by atoms with Crippen LogP contribution < -0.4 is 0 Å². The van der Waals surface area contributed by atoms with Crippen molar-refractivity contribution in [3.05, 3.63) is 84.6 Å². The fourth-order valence-electron chi connectivity index (χ4n) is 3.92. The number of likely N-dealkylation sites (tertiary alicyclic amines) is 1. The Morgan fingerprint density at radius 3 is 2.77 bits per heavy atom. The van der Waals surface area contributed by atoms with Crippen LogP contribution in [-0.2, 0) is 11.3 Å². The highest BCUT2D eigenvalue weighted by Crippen LogP contribution is 2.20. The third-order valence-corrected chi connectivity index (χ3v) is 5.53. The molecule has 0 bridgehead atoms. The minimum Gasteiger partial charge on any atom is -0.370 e. The zero-order chi connectivity index (χ0) is 21.0. The van der Waals surface area contributed by atoms with Gasteiger partial charge in [-0.05, 0) is 43.2 Å². The van der Waals surface area contributed by atoms with E-state index >= 15 is 0 Å². The second-order valence-electron chi connectivity index (χ2n) is 7.66. The van der Waals surface area contributed by atoms with Gasteiger partial charge in [0.15, 0.2) is 5.65 Å². The molecule has 156 valence electrons. The number of benzene rings is 1. The number of hydrogen-bond donors (Lipinski definition) is 0. The van der Waals surface area contributed by atoms with Crippen molar-refractivity contribution in [2.24, 2.45) is 0 Å². The molecular formula is C24H23N5O2. The zero-order valence-corrected chi connectivity index (χ0v) is 17.1. The summed E-state index contributed by atoms with van der Waals surface area (Å²) in [5.41, 5.74) is 3.87. The van der Waals surface area contributed by atoms with Gasteiger partial charge in [-0.3, -0.25) is 14.3 Å². The fraction of sp³-hybridized carbons (Fsp3) is 0.250. The summed E-state index contributed by atoms with van der Waals surface area (Å²) in [6.07, 6.45) is 7.01. The molecule has 1 saturated heterocycles. The minimum absolute atomic E-state index is 0.00804. The lowest BCUT2D eigenvalue weighted by Crippen LogP contribution is -2.43. The van der Waals surface area contributed by atoms with Crippen molar-refractivity contribution in [1.29, 1.82) is 0 Å². The van der Waals surface area contributed by atoms with E-state index in [2.05, 4.69) is 15.0 Å². The number of hydrogen-bond acceptors (Lipinski definition) is 5. The van der Waals surface area contributed by atoms with Crippen LogP contribution in [0.3, 0.4) is 0 Å². The van der Waals surface area contributed by atoms with Crippen LogP contribution in [0.4, 0.5) is 0 Å². The molecule has 1 amide bonds. The Morgan fingerprint density at radius 2 is 1.94 bits per heavy atom. The molecule has 31 heavy (non-hydrogen) atoms. The number of pyridine rings is 2. The van der Waals surface area contributed by atoms with Crippen molar-refractivity contribution in [3.63, 3.8) is 0 Å². The van der Waals surface area contributed by atoms with Crippen molar-refractivity contribution in [3.8, 4) is 5.69 Å². The number of carbonyl (C=O) groups excluding carboxylic acids is 1. The third kappa shape index (κ3) is 4.18. The first-order chi connectivity index (χ1) is 15.3. The van der Waals surface area contributed by atoms with E-state index in [0.717, 1.165) is 36.4 Å². The molecule has 1 fully saturated rings. The molecule has 0 N–H and O–H groups in total. The van der Waals surface area contributed by atoms with Gasteiger partial charge in [0.1, 0.15) is 11.8 Å². The molecule has 1 aromatic carbocycles. The molecule has 5 rings (SSSR count). The summed E-state index contributed by atoms with van der Waals surface area (Å²) in [5.74, 6) is -0.0326. The first kappa shape index (κ1) is 19.4. The predicted octanol–water partition coefficient (Wildman–Crippen LogP) is 3.64. The van der Waals surface area contributed by atoms with Crippen LogP contribution >= 0.6 is 0 Å². The van der Waals surface area contributed by atoms with Crippen molar-refractivity contribution in [2.45, 2.75) is 25.6 Å². The maximum absolute atomic E-state index is 13.1. The lowest BCUT2D eigenvalue weighted by molar-refractivity contribution is -0.00785. The molecule has 7 nitrogen and oxygen atoms in total. The number of para-hydroxylation sites is 1. The lowest BCUT2D eigenvalue weighted by Gasteiger charge is -2.32. The van der Waals surface area contributed by atoms with Gasteiger partial charge >= 0.3 is 0 Å². The number of amides is 1. The third-order valence-electron chi connectivity index (χ3n) is 5.53. The molecule has 0 radical (unpaired) electrons. The summed E-state index contributed by atoms with van der Waals surface area (Å²) in [6.45, 7) is 1.75. The van der Waals surface area contributed by atoms with E-state index in [1.165, 1.54) is 0 Å². The first-order valence-corrected chi connectivity index (χ1v) is 10.5.